The number of nitrogens with one attached hydrogen (secondary N) is 1. The fourth-order valence-corrected chi connectivity index (χ4v) is 1.48. The molecule has 0 aliphatic carbocycles. The van der Waals surface area contributed by atoms with Gasteiger partial charge in [-0.05, 0) is 28.1 Å². The van der Waals surface area contributed by atoms with Crippen LogP contribution < -0.4 is 11.2 Å². The molecule has 0 heterocycles. The maximum Gasteiger partial charge on any atom is 0.250 e. The molecule has 0 aliphatic heterocycles. The average molecular weight is 292 g/mol. The topological polar surface area (TPSA) is 115 Å². The predicted octanol–water partition coefficient (Wildman–Crippen LogP) is 1.36. The lowest BCUT2D eigenvalue weighted by molar-refractivity contribution is 0.100. The van der Waals surface area contributed by atoms with Gasteiger partial charge in [0.2, 0.25) is 5.71 Å². The third-order valence-electron chi connectivity index (χ3n) is 1.77. The van der Waals surface area contributed by atoms with Gasteiger partial charge in [0.1, 0.15) is 12.1 Å². The van der Waals surface area contributed by atoms with E-state index in [0.29, 0.717) is 10.2 Å². The van der Waals surface area contributed by atoms with Crippen LogP contribution in [0.5, 0.6) is 0 Å². The van der Waals surface area contributed by atoms with E-state index in [2.05, 4.69) is 26.5 Å². The highest BCUT2D eigenvalue weighted by atomic mass is 79.9. The highest BCUT2D eigenvalue weighted by Crippen LogP contribution is 2.26. The van der Waals surface area contributed by atoms with Gasteiger partial charge in [-0.3, -0.25) is 10.2 Å². The molecule has 1 rings (SSSR count). The lowest BCUT2D eigenvalue weighted by atomic mass is 10.2. The van der Waals surface area contributed by atoms with Crippen LogP contribution in [0.3, 0.4) is 0 Å². The Morgan fingerprint density at radius 2 is 2.06 bits per heavy atom. The number of nitriles is 2. The summed E-state index contributed by atoms with van der Waals surface area (Å²) in [6.07, 6.45) is 0. The Balaban J connectivity index is 3.16. The van der Waals surface area contributed by atoms with Crippen molar-refractivity contribution in [3.63, 3.8) is 0 Å². The number of nitrogens with zero attached hydrogens (tertiary/aromatic N) is 3. The van der Waals surface area contributed by atoms with E-state index < -0.39 is 5.91 Å². The van der Waals surface area contributed by atoms with Crippen molar-refractivity contribution in [1.82, 2.24) is 0 Å². The first-order chi connectivity index (χ1) is 8.10. The van der Waals surface area contributed by atoms with E-state index in [0.717, 1.165) is 0 Å². The number of anilines is 1. The highest BCUT2D eigenvalue weighted by molar-refractivity contribution is 9.10. The summed E-state index contributed by atoms with van der Waals surface area (Å²) in [5.74, 6) is -0.639. The fraction of sp³-hybridized carbons (Fsp3) is 0. The zero-order chi connectivity index (χ0) is 12.8. The maximum absolute atomic E-state index is 11.1. The van der Waals surface area contributed by atoms with Gasteiger partial charge in [0.25, 0.3) is 5.91 Å². The molecule has 17 heavy (non-hydrogen) atoms. The van der Waals surface area contributed by atoms with Crippen LogP contribution in [0.4, 0.5) is 5.69 Å². The van der Waals surface area contributed by atoms with Gasteiger partial charge < -0.3 is 5.73 Å². The minimum atomic E-state index is -0.639. The van der Waals surface area contributed by atoms with E-state index in [4.69, 9.17) is 16.3 Å². The van der Waals surface area contributed by atoms with Crippen LogP contribution in [0.2, 0.25) is 0 Å². The Bertz CT molecular complexity index is 551. The molecular weight excluding hydrogens is 286 g/mol. The Morgan fingerprint density at radius 3 is 2.59 bits per heavy atom. The molecular formula is C10H6BrN5O. The van der Waals surface area contributed by atoms with Crippen molar-refractivity contribution in [2.24, 2.45) is 10.8 Å². The molecule has 0 fully saturated rings. The number of amides is 1. The van der Waals surface area contributed by atoms with Crippen molar-refractivity contribution < 1.29 is 4.79 Å². The van der Waals surface area contributed by atoms with Crippen LogP contribution in [-0.2, 0) is 0 Å². The Kier molecular flexibility index (Phi) is 4.21. The minimum absolute atomic E-state index is 0.207. The van der Waals surface area contributed by atoms with E-state index in [1.54, 1.807) is 24.3 Å². The number of primary amides is 1. The summed E-state index contributed by atoms with van der Waals surface area (Å²) in [6.45, 7) is 0. The Hall–Kier alpha value is -2.38. The van der Waals surface area contributed by atoms with Gasteiger partial charge in [-0.25, -0.2) is 0 Å². The minimum Gasteiger partial charge on any atom is -0.366 e. The van der Waals surface area contributed by atoms with Crippen LogP contribution in [0.15, 0.2) is 27.8 Å². The summed E-state index contributed by atoms with van der Waals surface area (Å²) in [5.41, 5.74) is 7.80. The molecule has 0 saturated carbocycles. The van der Waals surface area contributed by atoms with Crippen LogP contribution in [-0.4, -0.2) is 11.6 Å². The first-order valence-corrected chi connectivity index (χ1v) is 5.11. The van der Waals surface area contributed by atoms with E-state index in [-0.39, 0.29) is 11.3 Å². The van der Waals surface area contributed by atoms with Crippen molar-refractivity contribution in [3.05, 3.63) is 28.2 Å². The quantitative estimate of drug-likeness (QED) is 0.646. The molecule has 1 aromatic carbocycles. The summed E-state index contributed by atoms with van der Waals surface area (Å²) in [5, 5.41) is 20.6. The second kappa shape index (κ2) is 5.64. The summed E-state index contributed by atoms with van der Waals surface area (Å²) in [7, 11) is 0. The van der Waals surface area contributed by atoms with Gasteiger partial charge in [0.05, 0.1) is 11.3 Å². The molecule has 1 aromatic rings. The summed E-state index contributed by atoms with van der Waals surface area (Å²) >= 11 is 3.20. The summed E-state index contributed by atoms with van der Waals surface area (Å²) in [4.78, 5) is 11.1. The van der Waals surface area contributed by atoms with Crippen LogP contribution in [0.25, 0.3) is 0 Å². The van der Waals surface area contributed by atoms with E-state index in [1.165, 1.54) is 6.07 Å². The van der Waals surface area contributed by atoms with Crippen molar-refractivity contribution in [2.75, 3.05) is 5.43 Å². The summed E-state index contributed by atoms with van der Waals surface area (Å²) < 4.78 is 0.549. The van der Waals surface area contributed by atoms with Gasteiger partial charge >= 0.3 is 0 Å². The number of hydrazone groups is 1. The van der Waals surface area contributed by atoms with Gasteiger partial charge in [0, 0.05) is 4.47 Å². The number of hydrogen-bond donors (Lipinski definition) is 2. The largest absolute Gasteiger partial charge is 0.366 e. The zero-order valence-electron chi connectivity index (χ0n) is 8.44. The van der Waals surface area contributed by atoms with Crippen molar-refractivity contribution in [1.29, 1.82) is 10.5 Å². The van der Waals surface area contributed by atoms with Crippen LogP contribution in [0, 0.1) is 22.7 Å². The van der Waals surface area contributed by atoms with Crippen molar-refractivity contribution >= 4 is 33.2 Å². The van der Waals surface area contributed by atoms with E-state index in [1.807, 2.05) is 0 Å². The third-order valence-corrected chi connectivity index (χ3v) is 2.43. The number of rotatable bonds is 3. The molecule has 3 N–H and O–H groups in total. The van der Waals surface area contributed by atoms with Gasteiger partial charge in [-0.1, -0.05) is 6.07 Å². The smallest absolute Gasteiger partial charge is 0.250 e. The number of benzene rings is 1. The second-order valence-corrected chi connectivity index (χ2v) is 3.68. The van der Waals surface area contributed by atoms with Crippen LogP contribution in [0.1, 0.15) is 10.4 Å². The predicted molar refractivity (Wildman–Crippen MR) is 64.9 cm³/mol. The van der Waals surface area contributed by atoms with Gasteiger partial charge in [0.15, 0.2) is 0 Å². The zero-order valence-corrected chi connectivity index (χ0v) is 10.0. The van der Waals surface area contributed by atoms with Gasteiger partial charge in [-0.15, -0.1) is 0 Å². The molecule has 0 bridgehead atoms. The molecule has 1 amide bonds. The summed E-state index contributed by atoms with van der Waals surface area (Å²) in [6, 6.07) is 7.98. The standard InChI is InChI=1S/C10H6BrN5O/c11-8-3-1-2-7(10(14)17)9(8)16-15-6(4-12)5-13/h1-3,16H,(H2,14,17). The number of halogens is 1. The van der Waals surface area contributed by atoms with Crippen molar-refractivity contribution in [2.45, 2.75) is 0 Å². The number of nitrogens with two attached hydrogens (primary N) is 1. The molecule has 6 nitrogen and oxygen atoms in total. The number of carbonyl (C=O) groups excluding carboxylic acids is 1. The molecule has 0 saturated heterocycles. The third kappa shape index (κ3) is 3.03. The van der Waals surface area contributed by atoms with Crippen LogP contribution >= 0.6 is 15.9 Å². The maximum atomic E-state index is 11.1. The van der Waals surface area contributed by atoms with Gasteiger partial charge in [-0.2, -0.15) is 15.6 Å². The lowest BCUT2D eigenvalue weighted by Crippen LogP contribution is -2.13. The van der Waals surface area contributed by atoms with Crippen molar-refractivity contribution in [3.8, 4) is 12.1 Å². The SMILES string of the molecule is N#CC(C#N)=NNc1c(Br)cccc1C(N)=O. The molecule has 0 aromatic heterocycles. The molecule has 0 atom stereocenters. The Morgan fingerprint density at radius 1 is 1.41 bits per heavy atom. The first-order valence-electron chi connectivity index (χ1n) is 4.32. The normalized spacial score (nSPS) is 8.65. The average Bonchev–Trinajstić information content (AvgIpc) is 2.31. The molecule has 0 aliphatic rings. The molecule has 0 unspecified atom stereocenters. The number of carbonyl (C=O) groups is 1. The fourth-order valence-electron chi connectivity index (χ4n) is 1.03. The van der Waals surface area contributed by atoms with E-state index in [9.17, 15) is 4.79 Å². The highest BCUT2D eigenvalue weighted by Gasteiger charge is 2.10. The Labute approximate surface area is 105 Å². The number of hydrogen-bond acceptors (Lipinski definition) is 5. The molecule has 7 heteroatoms. The molecule has 0 spiro atoms. The lowest BCUT2D eigenvalue weighted by Gasteiger charge is -2.07. The number of para-hydroxylation sites is 1. The van der Waals surface area contributed by atoms with E-state index >= 15 is 0 Å². The molecule has 0 radical (unpaired) electrons. The first kappa shape index (κ1) is 12.7. The second-order valence-electron chi connectivity index (χ2n) is 2.82. The monoisotopic (exact) mass is 291 g/mol. The molecule has 84 valence electrons.